The van der Waals surface area contributed by atoms with Gasteiger partial charge in [-0.15, -0.1) is 0 Å². The molecule has 1 aliphatic carbocycles. The Morgan fingerprint density at radius 2 is 1.84 bits per heavy atom. The van der Waals surface area contributed by atoms with Gasteiger partial charge in [0.1, 0.15) is 5.75 Å². The van der Waals surface area contributed by atoms with Gasteiger partial charge in [-0.3, -0.25) is 0 Å². The van der Waals surface area contributed by atoms with Gasteiger partial charge >= 0.3 is 0 Å². The largest absolute Gasteiger partial charge is 0.508 e. The van der Waals surface area contributed by atoms with Crippen LogP contribution in [0.5, 0.6) is 5.75 Å². The molecule has 0 heterocycles. The Bertz CT molecular complexity index is 1040. The number of phenols is 1. The Morgan fingerprint density at radius 3 is 2.60 bits per heavy atom. The van der Waals surface area contributed by atoms with Crippen LogP contribution in [0.1, 0.15) is 34.7 Å². The van der Waals surface area contributed by atoms with Gasteiger partial charge in [0.25, 0.3) is 0 Å². The van der Waals surface area contributed by atoms with Crippen molar-refractivity contribution in [2.75, 3.05) is 0 Å². The second kappa shape index (κ2) is 5.79. The zero-order valence-electron chi connectivity index (χ0n) is 14.4. The standard InChI is InChI=1S/C23H19NO/c1-3-15-8-9-20(21-12-18(25)10-17(13-24)14(21)2)22-11-16-6-4-5-7-19(16)23(15)22/h4-10,12,25H,3,11H2,1-2H3. The molecule has 0 aliphatic heterocycles. The van der Waals surface area contributed by atoms with Gasteiger partial charge in [-0.2, -0.15) is 5.26 Å². The van der Waals surface area contributed by atoms with Crippen LogP contribution < -0.4 is 0 Å². The van der Waals surface area contributed by atoms with Crippen LogP contribution in [0, 0.1) is 18.3 Å². The number of fused-ring (bicyclic) bond motifs is 3. The fraction of sp³-hybridized carbons (Fsp3) is 0.174. The Morgan fingerprint density at radius 1 is 1.04 bits per heavy atom. The highest BCUT2D eigenvalue weighted by Crippen LogP contribution is 2.45. The number of nitrogens with zero attached hydrogens (tertiary/aromatic N) is 1. The third kappa shape index (κ3) is 2.32. The first-order chi connectivity index (χ1) is 12.1. The second-order valence-electron chi connectivity index (χ2n) is 6.59. The van der Waals surface area contributed by atoms with Crippen LogP contribution in [0.2, 0.25) is 0 Å². The summed E-state index contributed by atoms with van der Waals surface area (Å²) in [4.78, 5) is 0. The first-order valence-corrected chi connectivity index (χ1v) is 8.61. The van der Waals surface area contributed by atoms with E-state index in [1.807, 2.05) is 6.92 Å². The summed E-state index contributed by atoms with van der Waals surface area (Å²) in [5.41, 5.74) is 10.2. The van der Waals surface area contributed by atoms with Crippen molar-refractivity contribution >= 4 is 0 Å². The molecular formula is C23H19NO. The highest BCUT2D eigenvalue weighted by Gasteiger charge is 2.24. The van der Waals surface area contributed by atoms with Gasteiger partial charge in [0.2, 0.25) is 0 Å². The Kier molecular flexibility index (Phi) is 3.58. The van der Waals surface area contributed by atoms with E-state index in [2.05, 4.69) is 49.4 Å². The lowest BCUT2D eigenvalue weighted by Gasteiger charge is -2.16. The van der Waals surface area contributed by atoms with E-state index in [-0.39, 0.29) is 5.75 Å². The molecule has 0 fully saturated rings. The van der Waals surface area contributed by atoms with Crippen LogP contribution in [-0.4, -0.2) is 5.11 Å². The zero-order chi connectivity index (χ0) is 17.6. The van der Waals surface area contributed by atoms with E-state index in [0.29, 0.717) is 5.56 Å². The van der Waals surface area contributed by atoms with Gasteiger partial charge in [0.05, 0.1) is 11.6 Å². The van der Waals surface area contributed by atoms with Crippen molar-refractivity contribution in [3.8, 4) is 34.1 Å². The molecule has 0 amide bonds. The third-order valence-electron chi connectivity index (χ3n) is 5.24. The molecule has 0 saturated carbocycles. The van der Waals surface area contributed by atoms with Gasteiger partial charge in [-0.1, -0.05) is 43.3 Å². The first-order valence-electron chi connectivity index (χ1n) is 8.61. The molecule has 2 nitrogen and oxygen atoms in total. The second-order valence-corrected chi connectivity index (χ2v) is 6.59. The van der Waals surface area contributed by atoms with E-state index in [1.165, 1.54) is 33.9 Å². The van der Waals surface area contributed by atoms with E-state index < -0.39 is 0 Å². The number of hydrogen-bond donors (Lipinski definition) is 1. The summed E-state index contributed by atoms with van der Waals surface area (Å²) in [6.07, 6.45) is 1.88. The number of aryl methyl sites for hydroxylation is 1. The average Bonchev–Trinajstić information content (AvgIpc) is 3.02. The SMILES string of the molecule is CCc1ccc(-c2cc(O)cc(C#N)c2C)c2c1-c1ccccc1C2. The maximum Gasteiger partial charge on any atom is 0.117 e. The molecular weight excluding hydrogens is 306 g/mol. The fourth-order valence-corrected chi connectivity index (χ4v) is 3.97. The van der Waals surface area contributed by atoms with Crippen LogP contribution in [0.3, 0.4) is 0 Å². The molecule has 0 radical (unpaired) electrons. The summed E-state index contributed by atoms with van der Waals surface area (Å²) in [7, 11) is 0. The van der Waals surface area contributed by atoms with Crippen LogP contribution in [0.25, 0.3) is 22.3 Å². The van der Waals surface area contributed by atoms with E-state index in [9.17, 15) is 10.4 Å². The Hall–Kier alpha value is -3.05. The lowest BCUT2D eigenvalue weighted by atomic mass is 9.88. The molecule has 0 spiro atoms. The highest BCUT2D eigenvalue weighted by atomic mass is 16.3. The van der Waals surface area contributed by atoms with Crippen LogP contribution in [0.4, 0.5) is 0 Å². The number of hydrogen-bond acceptors (Lipinski definition) is 2. The predicted molar refractivity (Wildman–Crippen MR) is 101 cm³/mol. The van der Waals surface area contributed by atoms with Crippen molar-refractivity contribution in [1.82, 2.24) is 0 Å². The van der Waals surface area contributed by atoms with Gasteiger partial charge < -0.3 is 5.11 Å². The van der Waals surface area contributed by atoms with Crippen molar-refractivity contribution < 1.29 is 5.11 Å². The molecule has 3 aromatic rings. The fourth-order valence-electron chi connectivity index (χ4n) is 3.97. The van der Waals surface area contributed by atoms with E-state index in [4.69, 9.17) is 0 Å². The predicted octanol–water partition coefficient (Wildman–Crippen LogP) is 5.37. The smallest absolute Gasteiger partial charge is 0.117 e. The average molecular weight is 325 g/mol. The number of benzene rings is 3. The van der Waals surface area contributed by atoms with Crippen LogP contribution in [-0.2, 0) is 12.8 Å². The number of phenolic OH excluding ortho intramolecular Hbond substituents is 1. The molecule has 122 valence electrons. The van der Waals surface area contributed by atoms with Crippen molar-refractivity contribution in [1.29, 1.82) is 5.26 Å². The highest BCUT2D eigenvalue weighted by molar-refractivity contribution is 5.88. The Balaban J connectivity index is 2.02. The molecule has 0 saturated heterocycles. The molecule has 0 atom stereocenters. The molecule has 3 aromatic carbocycles. The van der Waals surface area contributed by atoms with E-state index in [0.717, 1.165) is 29.5 Å². The minimum absolute atomic E-state index is 0.140. The molecule has 0 aromatic heterocycles. The molecule has 1 aliphatic rings. The topological polar surface area (TPSA) is 44.0 Å². The molecule has 25 heavy (non-hydrogen) atoms. The van der Waals surface area contributed by atoms with Gasteiger partial charge in [-0.05, 0) is 76.4 Å². The van der Waals surface area contributed by atoms with Gasteiger partial charge in [0, 0.05) is 0 Å². The normalized spacial score (nSPS) is 11.7. The third-order valence-corrected chi connectivity index (χ3v) is 5.24. The number of aromatic hydroxyl groups is 1. The maximum atomic E-state index is 10.1. The van der Waals surface area contributed by atoms with Gasteiger partial charge in [-0.25, -0.2) is 0 Å². The van der Waals surface area contributed by atoms with Crippen molar-refractivity contribution in [2.45, 2.75) is 26.7 Å². The van der Waals surface area contributed by atoms with E-state index in [1.54, 1.807) is 6.07 Å². The zero-order valence-corrected chi connectivity index (χ0v) is 14.4. The van der Waals surface area contributed by atoms with Crippen molar-refractivity contribution in [3.05, 3.63) is 76.3 Å². The lowest BCUT2D eigenvalue weighted by Crippen LogP contribution is -1.96. The maximum absolute atomic E-state index is 10.1. The number of nitriles is 1. The number of rotatable bonds is 2. The van der Waals surface area contributed by atoms with Gasteiger partial charge in [0.15, 0.2) is 0 Å². The van der Waals surface area contributed by atoms with Crippen LogP contribution in [0.15, 0.2) is 48.5 Å². The minimum Gasteiger partial charge on any atom is -0.508 e. The Labute approximate surface area is 148 Å². The summed E-state index contributed by atoms with van der Waals surface area (Å²) in [5, 5.41) is 19.5. The summed E-state index contributed by atoms with van der Waals surface area (Å²) < 4.78 is 0. The summed E-state index contributed by atoms with van der Waals surface area (Å²) in [6.45, 7) is 4.14. The summed E-state index contributed by atoms with van der Waals surface area (Å²) in [5.74, 6) is 0.140. The first kappa shape index (κ1) is 15.5. The monoisotopic (exact) mass is 325 g/mol. The van der Waals surface area contributed by atoms with Crippen LogP contribution >= 0.6 is 0 Å². The lowest BCUT2D eigenvalue weighted by molar-refractivity contribution is 0.475. The molecule has 0 bridgehead atoms. The van der Waals surface area contributed by atoms with Crippen molar-refractivity contribution in [3.63, 3.8) is 0 Å². The van der Waals surface area contributed by atoms with Crippen molar-refractivity contribution in [2.24, 2.45) is 0 Å². The molecule has 2 heteroatoms. The van der Waals surface area contributed by atoms with E-state index >= 15 is 0 Å². The molecule has 4 rings (SSSR count). The molecule has 1 N–H and O–H groups in total. The summed E-state index contributed by atoms with van der Waals surface area (Å²) in [6, 6.07) is 18.4. The summed E-state index contributed by atoms with van der Waals surface area (Å²) >= 11 is 0. The quantitative estimate of drug-likeness (QED) is 0.538. The molecule has 0 unspecified atom stereocenters. The minimum atomic E-state index is 0.140.